The molecule has 0 aliphatic carbocycles. The van der Waals surface area contributed by atoms with Crippen LogP contribution in [0.4, 0.5) is 0 Å². The van der Waals surface area contributed by atoms with Crippen molar-refractivity contribution in [2.24, 2.45) is 0 Å². The number of carbonyl (C=O) groups excluding carboxylic acids is 1. The van der Waals surface area contributed by atoms with Gasteiger partial charge in [-0.05, 0) is 89.9 Å². The SMILES string of the molecule is CCCCC/C=C\C=C/CCCCCCCCCCCC(O)C(=O)NC(COC1OC(CO)C(O)C(O)C1O)C(O)C(O)CCC/C=C/CC/C=C/CC/C=C/CCCCCCCCC. The third-order valence-electron chi connectivity index (χ3n) is 12.3. The topological polar surface area (TPSA) is 189 Å². The second-order valence-electron chi connectivity index (χ2n) is 18.2. The van der Waals surface area contributed by atoms with E-state index in [0.29, 0.717) is 19.3 Å². The Morgan fingerprint density at radius 2 is 0.969 bits per heavy atom. The summed E-state index contributed by atoms with van der Waals surface area (Å²) in [6, 6.07) is -1.20. The second kappa shape index (κ2) is 43.1. The smallest absolute Gasteiger partial charge is 0.249 e. The molecule has 0 aromatic heterocycles. The molecule has 9 atom stereocenters. The summed E-state index contributed by atoms with van der Waals surface area (Å²) in [7, 11) is 0. The number of amides is 1. The molecule has 0 spiro atoms. The average Bonchev–Trinajstić information content (AvgIpc) is 3.31. The van der Waals surface area contributed by atoms with Crippen molar-refractivity contribution in [3.63, 3.8) is 0 Å². The monoisotopic (exact) mass is 920 g/mol. The Morgan fingerprint density at radius 3 is 1.49 bits per heavy atom. The highest BCUT2D eigenvalue weighted by Gasteiger charge is 2.44. The maximum absolute atomic E-state index is 13.1. The predicted octanol–water partition coefficient (Wildman–Crippen LogP) is 9.89. The second-order valence-corrected chi connectivity index (χ2v) is 18.2. The summed E-state index contributed by atoms with van der Waals surface area (Å²) in [6.45, 7) is 3.39. The molecule has 1 fully saturated rings. The van der Waals surface area contributed by atoms with Gasteiger partial charge < -0.3 is 50.5 Å². The minimum Gasteiger partial charge on any atom is -0.394 e. The Hall–Kier alpha value is -2.19. The van der Waals surface area contributed by atoms with Gasteiger partial charge in [0.15, 0.2) is 6.29 Å². The fourth-order valence-electron chi connectivity index (χ4n) is 7.93. The van der Waals surface area contributed by atoms with Gasteiger partial charge in [-0.2, -0.15) is 0 Å². The number of ether oxygens (including phenoxy) is 2. The standard InChI is InChI=1S/C54H97NO10/c1-3-5-7-9-11-13-15-17-19-21-23-24-26-27-29-31-33-35-37-39-41-46(57)49(59)45(44-64-54-52(62)51(61)50(60)48(43-56)65-54)55-53(63)47(58)42-40-38-36-34-32-30-28-25-22-20-18-16-14-12-10-8-6-4-2/h12,14,16,18-19,21,26-27,33,35,45-52,54,56-62H,3-11,13,15,17,20,22-25,28-32,34,36-44H2,1-2H3,(H,55,63)/b14-12-,18-16-,21-19+,27-26+,35-33+. The summed E-state index contributed by atoms with van der Waals surface area (Å²) in [5.41, 5.74) is 0. The van der Waals surface area contributed by atoms with Crippen LogP contribution in [0.3, 0.4) is 0 Å². The zero-order valence-corrected chi connectivity index (χ0v) is 41.0. The van der Waals surface area contributed by atoms with Crippen molar-refractivity contribution in [1.29, 1.82) is 0 Å². The molecule has 1 rings (SSSR count). The molecular weight excluding hydrogens is 823 g/mol. The third kappa shape index (κ3) is 32.2. The van der Waals surface area contributed by atoms with Crippen LogP contribution in [-0.4, -0.2) is 110 Å². The highest BCUT2D eigenvalue weighted by Crippen LogP contribution is 2.23. The maximum Gasteiger partial charge on any atom is 0.249 e. The molecule has 1 aliphatic rings. The number of allylic oxidation sites excluding steroid dienone is 10. The Labute approximate surface area is 395 Å². The van der Waals surface area contributed by atoms with E-state index in [0.717, 1.165) is 57.8 Å². The molecule has 0 radical (unpaired) electrons. The van der Waals surface area contributed by atoms with E-state index in [-0.39, 0.29) is 12.8 Å². The lowest BCUT2D eigenvalue weighted by Gasteiger charge is -2.40. The first kappa shape index (κ1) is 60.8. The number of carbonyl (C=O) groups is 1. The molecule has 1 saturated heterocycles. The van der Waals surface area contributed by atoms with Crippen LogP contribution in [0.15, 0.2) is 60.8 Å². The van der Waals surface area contributed by atoms with Gasteiger partial charge in [0.1, 0.15) is 36.6 Å². The van der Waals surface area contributed by atoms with Gasteiger partial charge in [0.2, 0.25) is 5.91 Å². The van der Waals surface area contributed by atoms with Gasteiger partial charge in [0, 0.05) is 0 Å². The summed E-state index contributed by atoms with van der Waals surface area (Å²) in [6.07, 6.45) is 42.6. The molecule has 0 bridgehead atoms. The lowest BCUT2D eigenvalue weighted by molar-refractivity contribution is -0.303. The van der Waals surface area contributed by atoms with Gasteiger partial charge in [-0.1, -0.05) is 177 Å². The van der Waals surface area contributed by atoms with Crippen LogP contribution >= 0.6 is 0 Å². The summed E-state index contributed by atoms with van der Waals surface area (Å²) in [5.74, 6) is -0.719. The van der Waals surface area contributed by atoms with Crippen molar-refractivity contribution in [3.8, 4) is 0 Å². The van der Waals surface area contributed by atoms with E-state index in [1.807, 2.05) is 0 Å². The molecule has 378 valence electrons. The van der Waals surface area contributed by atoms with Crippen LogP contribution in [0.2, 0.25) is 0 Å². The van der Waals surface area contributed by atoms with Crippen LogP contribution in [0.1, 0.15) is 206 Å². The lowest BCUT2D eigenvalue weighted by atomic mass is 9.98. The molecule has 65 heavy (non-hydrogen) atoms. The molecule has 0 aromatic rings. The molecule has 0 saturated carbocycles. The first-order valence-corrected chi connectivity index (χ1v) is 26.2. The number of aliphatic hydroxyl groups excluding tert-OH is 7. The fraction of sp³-hybridized carbons (Fsp3) is 0.796. The largest absolute Gasteiger partial charge is 0.394 e. The number of hydrogen-bond donors (Lipinski definition) is 8. The number of unbranched alkanes of at least 4 members (excludes halogenated alkanes) is 22. The van der Waals surface area contributed by atoms with Crippen molar-refractivity contribution >= 4 is 5.91 Å². The van der Waals surface area contributed by atoms with Gasteiger partial charge in [-0.3, -0.25) is 4.79 Å². The summed E-state index contributed by atoms with van der Waals surface area (Å²) >= 11 is 0. The average molecular weight is 920 g/mol. The van der Waals surface area contributed by atoms with Crippen LogP contribution < -0.4 is 5.32 Å². The lowest BCUT2D eigenvalue weighted by Crippen LogP contribution is -2.60. The van der Waals surface area contributed by atoms with Crippen LogP contribution in [0.25, 0.3) is 0 Å². The van der Waals surface area contributed by atoms with Crippen molar-refractivity contribution in [2.75, 3.05) is 13.2 Å². The van der Waals surface area contributed by atoms with Gasteiger partial charge in [-0.15, -0.1) is 0 Å². The van der Waals surface area contributed by atoms with E-state index >= 15 is 0 Å². The zero-order valence-electron chi connectivity index (χ0n) is 41.0. The molecule has 1 amide bonds. The normalized spacial score (nSPS) is 21.4. The fourth-order valence-corrected chi connectivity index (χ4v) is 7.93. The van der Waals surface area contributed by atoms with E-state index < -0.39 is 74.2 Å². The summed E-state index contributed by atoms with van der Waals surface area (Å²) in [4.78, 5) is 13.1. The molecule has 0 aromatic carbocycles. The van der Waals surface area contributed by atoms with E-state index in [4.69, 9.17) is 9.47 Å². The molecule has 1 heterocycles. The van der Waals surface area contributed by atoms with E-state index in [9.17, 15) is 40.5 Å². The molecule has 11 heteroatoms. The Kier molecular flexibility index (Phi) is 40.3. The highest BCUT2D eigenvalue weighted by molar-refractivity contribution is 5.80. The van der Waals surface area contributed by atoms with Crippen LogP contribution in [-0.2, 0) is 14.3 Å². The van der Waals surface area contributed by atoms with Gasteiger partial charge in [0.25, 0.3) is 0 Å². The summed E-state index contributed by atoms with van der Waals surface area (Å²) < 4.78 is 11.1. The molecular formula is C54H97NO10. The van der Waals surface area contributed by atoms with Gasteiger partial charge in [0.05, 0.1) is 25.4 Å². The van der Waals surface area contributed by atoms with Gasteiger partial charge in [-0.25, -0.2) is 0 Å². The number of rotatable bonds is 43. The molecule has 11 nitrogen and oxygen atoms in total. The molecule has 8 N–H and O–H groups in total. The Bertz CT molecular complexity index is 1240. The first-order chi connectivity index (χ1) is 31.7. The van der Waals surface area contributed by atoms with Crippen molar-refractivity contribution in [3.05, 3.63) is 60.8 Å². The number of aliphatic hydroxyl groups is 7. The van der Waals surface area contributed by atoms with E-state index in [1.54, 1.807) is 0 Å². The van der Waals surface area contributed by atoms with Crippen molar-refractivity contribution in [1.82, 2.24) is 5.32 Å². The van der Waals surface area contributed by atoms with E-state index in [1.165, 1.54) is 103 Å². The predicted molar refractivity (Wildman–Crippen MR) is 265 cm³/mol. The zero-order chi connectivity index (χ0) is 47.6. The molecule has 9 unspecified atom stereocenters. The minimum absolute atomic E-state index is 0.237. The van der Waals surface area contributed by atoms with Crippen molar-refractivity contribution < 1.29 is 50.0 Å². The highest BCUT2D eigenvalue weighted by atomic mass is 16.7. The Morgan fingerprint density at radius 1 is 0.538 bits per heavy atom. The maximum atomic E-state index is 13.1. The van der Waals surface area contributed by atoms with E-state index in [2.05, 4.69) is 79.9 Å². The number of hydrogen-bond acceptors (Lipinski definition) is 10. The quantitative estimate of drug-likeness (QED) is 0.0166. The minimum atomic E-state index is -1.68. The van der Waals surface area contributed by atoms with Crippen molar-refractivity contribution in [2.45, 2.75) is 262 Å². The third-order valence-corrected chi connectivity index (χ3v) is 12.3. The first-order valence-electron chi connectivity index (χ1n) is 26.2. The number of nitrogens with one attached hydrogen (secondary N) is 1. The summed E-state index contributed by atoms with van der Waals surface area (Å²) in [5, 5.41) is 75.9. The van der Waals surface area contributed by atoms with Gasteiger partial charge >= 0.3 is 0 Å². The van der Waals surface area contributed by atoms with Crippen LogP contribution in [0.5, 0.6) is 0 Å². The van der Waals surface area contributed by atoms with Crippen LogP contribution in [0, 0.1) is 0 Å². The Balaban J connectivity index is 2.43. The molecule has 1 aliphatic heterocycles.